The van der Waals surface area contributed by atoms with E-state index in [0.29, 0.717) is 18.8 Å². The number of rotatable bonds is 7. The molecule has 0 fully saturated rings. The second kappa shape index (κ2) is 7.48. The second-order valence-electron chi connectivity index (χ2n) is 4.06. The summed E-state index contributed by atoms with van der Waals surface area (Å²) in [7, 11) is 1.54. The number of nitrogens with one attached hydrogen (secondary N) is 2. The summed E-state index contributed by atoms with van der Waals surface area (Å²) in [5.41, 5.74) is 0.132. The minimum absolute atomic E-state index is 0.0230. The van der Waals surface area contributed by atoms with Gasteiger partial charge in [0.2, 0.25) is 11.6 Å². The van der Waals surface area contributed by atoms with Crippen molar-refractivity contribution in [2.75, 3.05) is 30.9 Å². The zero-order valence-corrected chi connectivity index (χ0v) is 12.4. The third kappa shape index (κ3) is 3.77. The molecule has 0 saturated carbocycles. The Bertz CT molecular complexity index is 669. The summed E-state index contributed by atoms with van der Waals surface area (Å²) in [5.74, 6) is 0.120. The van der Waals surface area contributed by atoms with Gasteiger partial charge in [-0.15, -0.1) is 0 Å². The third-order valence-corrected chi connectivity index (χ3v) is 2.92. The molecule has 0 atom stereocenters. The van der Waals surface area contributed by atoms with Crippen molar-refractivity contribution in [2.45, 2.75) is 0 Å². The van der Waals surface area contributed by atoms with E-state index < -0.39 is 4.92 Å². The summed E-state index contributed by atoms with van der Waals surface area (Å²) in [4.78, 5) is 22.4. The van der Waals surface area contributed by atoms with Crippen molar-refractivity contribution in [3.05, 3.63) is 39.9 Å². The van der Waals surface area contributed by atoms with E-state index in [1.54, 1.807) is 12.1 Å². The van der Waals surface area contributed by atoms with Gasteiger partial charge >= 0.3 is 5.69 Å². The Morgan fingerprint density at radius 2 is 2.14 bits per heavy atom. The first-order valence-corrected chi connectivity index (χ1v) is 6.61. The summed E-state index contributed by atoms with van der Waals surface area (Å²) in [6, 6.07) is 3.29. The van der Waals surface area contributed by atoms with Gasteiger partial charge in [-0.05, 0) is 12.1 Å². The van der Waals surface area contributed by atoms with Crippen LogP contribution in [0.3, 0.4) is 0 Å². The van der Waals surface area contributed by atoms with Crippen LogP contribution in [0.25, 0.3) is 0 Å². The predicted octanol–water partition coefficient (Wildman–Crippen LogP) is 2.24. The minimum atomic E-state index is -0.568. The molecule has 2 N–H and O–H groups in total. The minimum Gasteiger partial charge on any atom is -0.383 e. The van der Waals surface area contributed by atoms with E-state index in [0.717, 1.165) is 0 Å². The van der Waals surface area contributed by atoms with Gasteiger partial charge in [0.25, 0.3) is 0 Å². The van der Waals surface area contributed by atoms with Crippen LogP contribution in [0.2, 0.25) is 5.15 Å². The average molecular weight is 325 g/mol. The third-order valence-electron chi connectivity index (χ3n) is 2.62. The lowest BCUT2D eigenvalue weighted by molar-refractivity contribution is -0.383. The topological polar surface area (TPSA) is 115 Å². The van der Waals surface area contributed by atoms with E-state index in [2.05, 4.69) is 25.6 Å². The van der Waals surface area contributed by atoms with Crippen molar-refractivity contribution in [1.29, 1.82) is 0 Å². The smallest absolute Gasteiger partial charge is 0.353 e. The van der Waals surface area contributed by atoms with Gasteiger partial charge < -0.3 is 15.4 Å². The molecule has 0 amide bonds. The molecule has 22 heavy (non-hydrogen) atoms. The van der Waals surface area contributed by atoms with E-state index in [4.69, 9.17) is 16.3 Å². The lowest BCUT2D eigenvalue weighted by Crippen LogP contribution is -2.12. The first-order valence-electron chi connectivity index (χ1n) is 6.23. The molecular formula is C12H13ClN6O3. The number of methoxy groups -OCH3 is 1. The van der Waals surface area contributed by atoms with Gasteiger partial charge in [-0.25, -0.2) is 15.0 Å². The highest BCUT2D eigenvalue weighted by atomic mass is 35.5. The molecule has 2 aromatic rings. The van der Waals surface area contributed by atoms with Crippen LogP contribution in [-0.2, 0) is 4.74 Å². The SMILES string of the molecule is COCCNc1ncnc(Nc2cccnc2Cl)c1[N+](=O)[O-]. The van der Waals surface area contributed by atoms with Crippen LogP contribution in [0.15, 0.2) is 24.7 Å². The Morgan fingerprint density at radius 1 is 1.36 bits per heavy atom. The molecule has 2 aromatic heterocycles. The van der Waals surface area contributed by atoms with Gasteiger partial charge in [0.05, 0.1) is 17.2 Å². The van der Waals surface area contributed by atoms with Gasteiger partial charge in [-0.3, -0.25) is 10.1 Å². The molecule has 0 bridgehead atoms. The van der Waals surface area contributed by atoms with Crippen molar-refractivity contribution in [1.82, 2.24) is 15.0 Å². The summed E-state index contributed by atoms with van der Waals surface area (Å²) in [6.45, 7) is 0.764. The largest absolute Gasteiger partial charge is 0.383 e. The summed E-state index contributed by atoms with van der Waals surface area (Å²) in [6.07, 6.45) is 2.73. The molecule has 10 heteroatoms. The quantitative estimate of drug-likeness (QED) is 0.345. The van der Waals surface area contributed by atoms with Gasteiger partial charge in [0.1, 0.15) is 6.33 Å². The van der Waals surface area contributed by atoms with Crippen LogP contribution in [-0.4, -0.2) is 40.1 Å². The average Bonchev–Trinajstić information content (AvgIpc) is 2.50. The monoisotopic (exact) mass is 324 g/mol. The van der Waals surface area contributed by atoms with Gasteiger partial charge in [-0.2, -0.15) is 0 Å². The molecule has 0 spiro atoms. The van der Waals surface area contributed by atoms with Crippen LogP contribution in [0.1, 0.15) is 0 Å². The van der Waals surface area contributed by atoms with Crippen LogP contribution in [0.5, 0.6) is 0 Å². The van der Waals surface area contributed by atoms with E-state index in [1.807, 2.05) is 0 Å². The Balaban J connectivity index is 2.32. The van der Waals surface area contributed by atoms with E-state index >= 15 is 0 Å². The molecule has 0 aliphatic heterocycles. The summed E-state index contributed by atoms with van der Waals surface area (Å²) >= 11 is 5.93. The molecule has 0 saturated heterocycles. The molecular weight excluding hydrogens is 312 g/mol. The molecule has 0 aliphatic carbocycles. The zero-order valence-electron chi connectivity index (χ0n) is 11.6. The molecule has 2 heterocycles. The molecule has 116 valence electrons. The fraction of sp³-hybridized carbons (Fsp3) is 0.250. The maximum atomic E-state index is 11.3. The molecule has 9 nitrogen and oxygen atoms in total. The molecule has 0 aliphatic rings. The van der Waals surface area contributed by atoms with Crippen molar-refractivity contribution in [3.63, 3.8) is 0 Å². The number of nitro groups is 1. The summed E-state index contributed by atoms with van der Waals surface area (Å²) in [5, 5.41) is 17.1. The maximum absolute atomic E-state index is 11.3. The number of pyridine rings is 1. The number of ether oxygens (including phenoxy) is 1. The fourth-order valence-electron chi connectivity index (χ4n) is 1.65. The van der Waals surface area contributed by atoms with Crippen molar-refractivity contribution >= 4 is 34.6 Å². The Hall–Kier alpha value is -2.52. The van der Waals surface area contributed by atoms with E-state index in [-0.39, 0.29) is 22.5 Å². The molecule has 2 rings (SSSR count). The van der Waals surface area contributed by atoms with Crippen molar-refractivity contribution in [3.8, 4) is 0 Å². The number of hydrogen-bond acceptors (Lipinski definition) is 8. The Morgan fingerprint density at radius 3 is 2.82 bits per heavy atom. The van der Waals surface area contributed by atoms with E-state index in [1.165, 1.54) is 19.6 Å². The summed E-state index contributed by atoms with van der Waals surface area (Å²) < 4.78 is 4.89. The molecule has 0 unspecified atom stereocenters. The zero-order chi connectivity index (χ0) is 15.9. The maximum Gasteiger partial charge on any atom is 0.353 e. The highest BCUT2D eigenvalue weighted by Crippen LogP contribution is 2.32. The standard InChI is InChI=1S/C12H13ClN6O3/c1-22-6-5-15-11-9(19(20)21)12(17-7-16-11)18-8-3-2-4-14-10(8)13/h2-4,7H,5-6H2,1H3,(H2,15,16,17,18). The number of aromatic nitrogens is 3. The Labute approximate surface area is 130 Å². The van der Waals surface area contributed by atoms with Crippen LogP contribution < -0.4 is 10.6 Å². The highest BCUT2D eigenvalue weighted by molar-refractivity contribution is 6.32. The number of halogens is 1. The normalized spacial score (nSPS) is 10.3. The predicted molar refractivity (Wildman–Crippen MR) is 81.6 cm³/mol. The van der Waals surface area contributed by atoms with Gasteiger partial charge in [-0.1, -0.05) is 11.6 Å². The van der Waals surface area contributed by atoms with E-state index in [9.17, 15) is 10.1 Å². The van der Waals surface area contributed by atoms with Crippen molar-refractivity contribution in [2.24, 2.45) is 0 Å². The van der Waals surface area contributed by atoms with Crippen molar-refractivity contribution < 1.29 is 9.66 Å². The molecule has 0 aromatic carbocycles. The highest BCUT2D eigenvalue weighted by Gasteiger charge is 2.23. The first kappa shape index (κ1) is 15.9. The lowest BCUT2D eigenvalue weighted by Gasteiger charge is -2.10. The van der Waals surface area contributed by atoms with Gasteiger partial charge in [0.15, 0.2) is 5.15 Å². The molecule has 0 radical (unpaired) electrons. The first-order chi connectivity index (χ1) is 10.6. The van der Waals surface area contributed by atoms with Crippen LogP contribution >= 0.6 is 11.6 Å². The second-order valence-corrected chi connectivity index (χ2v) is 4.42. The fourth-order valence-corrected chi connectivity index (χ4v) is 1.82. The number of anilines is 3. The van der Waals surface area contributed by atoms with Gasteiger partial charge in [0, 0.05) is 19.9 Å². The number of nitrogens with zero attached hydrogens (tertiary/aromatic N) is 4. The van der Waals surface area contributed by atoms with Crippen LogP contribution in [0.4, 0.5) is 23.0 Å². The Kier molecular flexibility index (Phi) is 5.39. The van der Waals surface area contributed by atoms with Crippen LogP contribution in [0, 0.1) is 10.1 Å². The lowest BCUT2D eigenvalue weighted by atomic mass is 10.3. The number of hydrogen-bond donors (Lipinski definition) is 2.